The fraction of sp³-hybridized carbons (Fsp3) is 0.217. The summed E-state index contributed by atoms with van der Waals surface area (Å²) in [6.45, 7) is 0.711. The van der Waals surface area contributed by atoms with Crippen molar-refractivity contribution in [2.75, 3.05) is 25.6 Å². The summed E-state index contributed by atoms with van der Waals surface area (Å²) < 4.78 is 0. The van der Waals surface area contributed by atoms with Crippen LogP contribution in [0.2, 0.25) is 0 Å². The van der Waals surface area contributed by atoms with Crippen LogP contribution in [0.1, 0.15) is 23.6 Å². The molecular weight excluding hydrogens is 348 g/mol. The molecule has 1 atom stereocenters. The number of rotatable bonds is 4. The monoisotopic (exact) mass is 370 g/mol. The standard InChI is InChI=1S/C23H22N4O/c1-26(2)14-13-20(28)25-27-19-12-4-3-11-18(19)24-22-16-9-5-7-15-8-6-10-17(21(15)16)23(22)27/h3-12,23H,13-14H2,1-2H3,(H,25,28). The molecule has 1 aliphatic carbocycles. The van der Waals surface area contributed by atoms with E-state index in [0.717, 1.165) is 22.6 Å². The fourth-order valence-electron chi connectivity index (χ4n) is 4.16. The lowest BCUT2D eigenvalue weighted by molar-refractivity contribution is -0.121. The number of hydrogen-bond acceptors (Lipinski definition) is 4. The summed E-state index contributed by atoms with van der Waals surface area (Å²) >= 11 is 0. The minimum Gasteiger partial charge on any atom is -0.309 e. The lowest BCUT2D eigenvalue weighted by Gasteiger charge is -2.36. The van der Waals surface area contributed by atoms with E-state index in [1.807, 2.05) is 48.3 Å². The molecule has 0 saturated carbocycles. The highest BCUT2D eigenvalue weighted by Gasteiger charge is 2.39. The van der Waals surface area contributed by atoms with Gasteiger partial charge in [-0.1, -0.05) is 48.5 Å². The molecule has 1 N–H and O–H groups in total. The van der Waals surface area contributed by atoms with E-state index >= 15 is 0 Å². The molecular formula is C23H22N4O. The Morgan fingerprint density at radius 2 is 1.86 bits per heavy atom. The maximum Gasteiger partial charge on any atom is 0.239 e. The first-order valence-electron chi connectivity index (χ1n) is 9.56. The topological polar surface area (TPSA) is 47.9 Å². The average Bonchev–Trinajstić information content (AvgIpc) is 3.02. The molecule has 28 heavy (non-hydrogen) atoms. The normalized spacial score (nSPS) is 16.8. The van der Waals surface area contributed by atoms with Crippen molar-refractivity contribution in [3.05, 3.63) is 71.8 Å². The summed E-state index contributed by atoms with van der Waals surface area (Å²) in [5.74, 6) is 0.00730. The predicted octanol–water partition coefficient (Wildman–Crippen LogP) is 3.82. The Balaban J connectivity index is 1.62. The molecule has 5 rings (SSSR count). The molecule has 0 bridgehead atoms. The second-order valence-electron chi connectivity index (χ2n) is 7.60. The number of para-hydroxylation sites is 2. The Hall–Kier alpha value is -3.18. The molecule has 5 heteroatoms. The highest BCUT2D eigenvalue weighted by Crippen LogP contribution is 2.47. The molecule has 0 fully saturated rings. The van der Waals surface area contributed by atoms with Gasteiger partial charge < -0.3 is 4.90 Å². The largest absolute Gasteiger partial charge is 0.309 e. The first kappa shape index (κ1) is 17.0. The van der Waals surface area contributed by atoms with Crippen LogP contribution in [0.25, 0.3) is 10.8 Å². The molecule has 2 aliphatic rings. The van der Waals surface area contributed by atoms with Crippen LogP contribution >= 0.6 is 0 Å². The maximum absolute atomic E-state index is 12.7. The Morgan fingerprint density at radius 3 is 2.68 bits per heavy atom. The predicted molar refractivity (Wildman–Crippen MR) is 113 cm³/mol. The van der Waals surface area contributed by atoms with Crippen LogP contribution in [0.4, 0.5) is 11.4 Å². The summed E-state index contributed by atoms with van der Waals surface area (Å²) in [5, 5.41) is 4.44. The van der Waals surface area contributed by atoms with Crippen LogP contribution in [0.3, 0.4) is 0 Å². The molecule has 3 aromatic rings. The Morgan fingerprint density at radius 1 is 1.07 bits per heavy atom. The summed E-state index contributed by atoms with van der Waals surface area (Å²) in [5.41, 5.74) is 8.32. The van der Waals surface area contributed by atoms with Crippen molar-refractivity contribution in [2.45, 2.75) is 12.5 Å². The Kier molecular flexibility index (Phi) is 3.91. The highest BCUT2D eigenvalue weighted by atomic mass is 16.2. The summed E-state index contributed by atoms with van der Waals surface area (Å²) in [7, 11) is 3.95. The molecule has 140 valence electrons. The van der Waals surface area contributed by atoms with Crippen molar-refractivity contribution < 1.29 is 4.79 Å². The molecule has 0 saturated heterocycles. The third-order valence-electron chi connectivity index (χ3n) is 5.44. The van der Waals surface area contributed by atoms with Crippen molar-refractivity contribution in [2.24, 2.45) is 4.99 Å². The van der Waals surface area contributed by atoms with Gasteiger partial charge in [0, 0.05) is 18.5 Å². The Labute approximate surface area is 164 Å². The molecule has 1 aliphatic heterocycles. The number of benzene rings is 3. The molecule has 0 aromatic heterocycles. The van der Waals surface area contributed by atoms with Crippen LogP contribution in [0.5, 0.6) is 0 Å². The zero-order valence-electron chi connectivity index (χ0n) is 16.0. The van der Waals surface area contributed by atoms with E-state index in [1.165, 1.54) is 16.3 Å². The van der Waals surface area contributed by atoms with Gasteiger partial charge in [-0.2, -0.15) is 0 Å². The van der Waals surface area contributed by atoms with Gasteiger partial charge in [0.2, 0.25) is 5.91 Å². The van der Waals surface area contributed by atoms with Crippen LogP contribution in [-0.2, 0) is 4.79 Å². The third-order valence-corrected chi connectivity index (χ3v) is 5.44. The Bertz CT molecular complexity index is 1110. The zero-order chi connectivity index (χ0) is 19.3. The minimum absolute atomic E-state index is 0.00730. The number of anilines is 1. The quantitative estimate of drug-likeness (QED) is 0.760. The van der Waals surface area contributed by atoms with Crippen molar-refractivity contribution in [3.63, 3.8) is 0 Å². The van der Waals surface area contributed by atoms with E-state index in [-0.39, 0.29) is 11.9 Å². The molecule has 1 amide bonds. The SMILES string of the molecule is CN(C)CCC(=O)NN1c2ccccc2N=C2c3cccc4cccc(c34)C21. The number of aliphatic imine (C=N–C) groups is 1. The van der Waals surface area contributed by atoms with Crippen LogP contribution in [0.15, 0.2) is 65.7 Å². The van der Waals surface area contributed by atoms with E-state index in [1.54, 1.807) is 0 Å². The molecule has 1 heterocycles. The number of nitrogens with one attached hydrogen (secondary N) is 1. The van der Waals surface area contributed by atoms with Gasteiger partial charge >= 0.3 is 0 Å². The molecule has 5 nitrogen and oxygen atoms in total. The van der Waals surface area contributed by atoms with E-state index in [0.29, 0.717) is 13.0 Å². The summed E-state index contributed by atoms with van der Waals surface area (Å²) in [6, 6.07) is 20.6. The molecule has 0 radical (unpaired) electrons. The van der Waals surface area contributed by atoms with Crippen LogP contribution in [0, 0.1) is 0 Å². The number of carbonyl (C=O) groups excluding carboxylic acids is 1. The average molecular weight is 370 g/mol. The van der Waals surface area contributed by atoms with Gasteiger partial charge in [-0.3, -0.25) is 15.2 Å². The van der Waals surface area contributed by atoms with Gasteiger partial charge in [0.15, 0.2) is 0 Å². The van der Waals surface area contributed by atoms with Gasteiger partial charge in [-0.05, 0) is 42.6 Å². The number of fused-ring (bicyclic) bond motifs is 4. The lowest BCUT2D eigenvalue weighted by atomic mass is 10.0. The molecule has 1 unspecified atom stereocenters. The molecule has 0 spiro atoms. The number of hydrogen-bond donors (Lipinski definition) is 1. The fourth-order valence-corrected chi connectivity index (χ4v) is 4.16. The first-order valence-corrected chi connectivity index (χ1v) is 9.56. The van der Waals surface area contributed by atoms with Gasteiger partial charge in [0.05, 0.1) is 17.1 Å². The van der Waals surface area contributed by atoms with Crippen molar-refractivity contribution in [1.29, 1.82) is 0 Å². The minimum atomic E-state index is -0.112. The van der Waals surface area contributed by atoms with Gasteiger partial charge in [0.25, 0.3) is 0 Å². The van der Waals surface area contributed by atoms with Gasteiger partial charge in [-0.25, -0.2) is 4.99 Å². The smallest absolute Gasteiger partial charge is 0.239 e. The van der Waals surface area contributed by atoms with Crippen molar-refractivity contribution >= 4 is 33.8 Å². The van der Waals surface area contributed by atoms with Gasteiger partial charge in [-0.15, -0.1) is 0 Å². The maximum atomic E-state index is 12.7. The first-order chi connectivity index (χ1) is 13.6. The van der Waals surface area contributed by atoms with Gasteiger partial charge in [0.1, 0.15) is 6.04 Å². The number of hydrazine groups is 1. The van der Waals surface area contributed by atoms with Crippen molar-refractivity contribution in [3.8, 4) is 0 Å². The number of nitrogens with zero attached hydrogens (tertiary/aromatic N) is 3. The van der Waals surface area contributed by atoms with E-state index in [4.69, 9.17) is 4.99 Å². The van der Waals surface area contributed by atoms with E-state index in [9.17, 15) is 4.79 Å². The highest BCUT2D eigenvalue weighted by molar-refractivity contribution is 6.23. The second kappa shape index (κ2) is 6.46. The summed E-state index contributed by atoms with van der Waals surface area (Å²) in [4.78, 5) is 19.7. The lowest BCUT2D eigenvalue weighted by Crippen LogP contribution is -2.48. The third kappa shape index (κ3) is 2.59. The summed E-state index contributed by atoms with van der Waals surface area (Å²) in [6.07, 6.45) is 0.446. The number of carbonyl (C=O) groups is 1. The van der Waals surface area contributed by atoms with E-state index in [2.05, 4.69) is 41.8 Å². The van der Waals surface area contributed by atoms with Crippen LogP contribution in [-0.4, -0.2) is 37.2 Å². The second-order valence-corrected chi connectivity index (χ2v) is 7.60. The van der Waals surface area contributed by atoms with Crippen LogP contribution < -0.4 is 10.4 Å². The molecule has 3 aromatic carbocycles. The van der Waals surface area contributed by atoms with Crippen molar-refractivity contribution in [1.82, 2.24) is 10.3 Å². The number of amides is 1. The zero-order valence-corrected chi connectivity index (χ0v) is 16.0. The van der Waals surface area contributed by atoms with E-state index < -0.39 is 0 Å².